The smallest absolute Gasteiger partial charge is 0.472 e. The lowest BCUT2D eigenvalue weighted by Gasteiger charge is -2.20. The first-order valence-electron chi connectivity index (χ1n) is 22.7. The largest absolute Gasteiger partial charge is 0.480 e. The van der Waals surface area contributed by atoms with Crippen LogP contribution in [0.15, 0.2) is 48.6 Å². The van der Waals surface area contributed by atoms with E-state index in [-0.39, 0.29) is 13.0 Å². The van der Waals surface area contributed by atoms with Crippen LogP contribution in [0.5, 0.6) is 0 Å². The first kappa shape index (κ1) is 54.9. The Morgan fingerprint density at radius 1 is 0.579 bits per heavy atom. The molecule has 11 heteroatoms. The highest BCUT2D eigenvalue weighted by Gasteiger charge is 2.27. The van der Waals surface area contributed by atoms with Crippen LogP contribution in [0.4, 0.5) is 0 Å². The van der Waals surface area contributed by atoms with Crippen molar-refractivity contribution in [3.05, 3.63) is 48.6 Å². The van der Waals surface area contributed by atoms with Crippen molar-refractivity contribution < 1.29 is 42.7 Å². The molecule has 0 aliphatic heterocycles. The van der Waals surface area contributed by atoms with Crippen molar-refractivity contribution in [2.24, 2.45) is 5.73 Å². The molecule has 0 aromatic rings. The second-order valence-electron chi connectivity index (χ2n) is 15.2. The van der Waals surface area contributed by atoms with Gasteiger partial charge in [0.1, 0.15) is 12.1 Å². The van der Waals surface area contributed by atoms with Gasteiger partial charge in [-0.15, -0.1) is 0 Å². The van der Waals surface area contributed by atoms with Crippen molar-refractivity contribution in [3.63, 3.8) is 0 Å². The molecule has 0 aliphatic carbocycles. The van der Waals surface area contributed by atoms with E-state index in [1.165, 1.54) is 83.5 Å². The molecule has 57 heavy (non-hydrogen) atoms. The molecule has 0 aromatic carbocycles. The summed E-state index contributed by atoms with van der Waals surface area (Å²) in [6.45, 7) is 3.77. The number of carbonyl (C=O) groups is 2. The molecule has 10 nitrogen and oxygen atoms in total. The fourth-order valence-corrected chi connectivity index (χ4v) is 6.90. The number of rotatable bonds is 43. The molecule has 0 aromatic heterocycles. The van der Waals surface area contributed by atoms with Crippen LogP contribution in [0.3, 0.4) is 0 Å². The number of carbonyl (C=O) groups excluding carboxylic acids is 1. The predicted molar refractivity (Wildman–Crippen MR) is 235 cm³/mol. The van der Waals surface area contributed by atoms with E-state index in [1.54, 1.807) is 0 Å². The Labute approximate surface area is 348 Å². The molecule has 0 bridgehead atoms. The zero-order valence-corrected chi connectivity index (χ0v) is 37.1. The highest BCUT2D eigenvalue weighted by atomic mass is 31.2. The predicted octanol–water partition coefficient (Wildman–Crippen LogP) is 12.6. The average molecular weight is 826 g/mol. The zero-order valence-electron chi connectivity index (χ0n) is 36.2. The SMILES string of the molecule is CC/C=C\C/C=C\C/C=C\C/C=C\CCCCCCCCC(=O)OC(COCCCCCCCCCCCCCCCCCC)COP(=O)(O)OCC(N)C(=O)O. The Kier molecular flexibility index (Phi) is 40.5. The number of allylic oxidation sites excluding steroid dienone is 8. The lowest BCUT2D eigenvalue weighted by atomic mass is 10.0. The Hall–Kier alpha value is -2.07. The normalized spacial score (nSPS) is 14.3. The summed E-state index contributed by atoms with van der Waals surface area (Å²) < 4.78 is 33.4. The van der Waals surface area contributed by atoms with Gasteiger partial charge in [0, 0.05) is 13.0 Å². The molecular formula is C46H84NO9P. The lowest BCUT2D eigenvalue weighted by Crippen LogP contribution is -2.34. The molecule has 0 fully saturated rings. The van der Waals surface area contributed by atoms with Gasteiger partial charge in [-0.25, -0.2) is 4.57 Å². The molecule has 0 aliphatic rings. The number of aliphatic carboxylic acids is 1. The number of unbranched alkanes of at least 4 members (excludes halogenated alkanes) is 21. The molecule has 332 valence electrons. The second-order valence-corrected chi connectivity index (χ2v) is 16.6. The molecule has 0 saturated heterocycles. The number of hydrogen-bond donors (Lipinski definition) is 3. The fourth-order valence-electron chi connectivity index (χ4n) is 6.12. The molecule has 0 spiro atoms. The van der Waals surface area contributed by atoms with Crippen LogP contribution in [0.2, 0.25) is 0 Å². The van der Waals surface area contributed by atoms with Crippen LogP contribution in [0.1, 0.15) is 194 Å². The third kappa shape index (κ3) is 41.9. The Morgan fingerprint density at radius 3 is 1.53 bits per heavy atom. The van der Waals surface area contributed by atoms with Crippen molar-refractivity contribution >= 4 is 19.8 Å². The fraction of sp³-hybridized carbons (Fsp3) is 0.783. The number of phosphoric acid groups is 1. The summed E-state index contributed by atoms with van der Waals surface area (Å²) in [5, 5.41) is 8.90. The minimum Gasteiger partial charge on any atom is -0.480 e. The molecule has 0 heterocycles. The van der Waals surface area contributed by atoms with E-state index in [4.69, 9.17) is 29.4 Å². The van der Waals surface area contributed by atoms with Gasteiger partial charge >= 0.3 is 19.8 Å². The number of phosphoric ester groups is 1. The summed E-state index contributed by atoms with van der Waals surface area (Å²) in [6, 6.07) is -1.48. The number of hydrogen-bond acceptors (Lipinski definition) is 8. The quantitative estimate of drug-likeness (QED) is 0.0234. The average Bonchev–Trinajstić information content (AvgIpc) is 3.19. The topological polar surface area (TPSA) is 155 Å². The van der Waals surface area contributed by atoms with Crippen molar-refractivity contribution in [1.82, 2.24) is 0 Å². The van der Waals surface area contributed by atoms with Crippen LogP contribution in [-0.2, 0) is 32.7 Å². The molecule has 3 atom stereocenters. The number of esters is 1. The maximum atomic E-state index is 12.6. The Balaban J connectivity index is 4.24. The van der Waals surface area contributed by atoms with Crippen LogP contribution in [-0.4, -0.2) is 60.5 Å². The molecule has 0 amide bonds. The van der Waals surface area contributed by atoms with Gasteiger partial charge in [0.05, 0.1) is 19.8 Å². The number of nitrogens with two attached hydrogens (primary N) is 1. The molecule has 4 N–H and O–H groups in total. The van der Waals surface area contributed by atoms with Gasteiger partial charge in [-0.3, -0.25) is 18.6 Å². The van der Waals surface area contributed by atoms with Gasteiger partial charge in [0.15, 0.2) is 0 Å². The van der Waals surface area contributed by atoms with E-state index < -0.39 is 45.1 Å². The van der Waals surface area contributed by atoms with Gasteiger partial charge in [-0.1, -0.05) is 184 Å². The van der Waals surface area contributed by atoms with Crippen LogP contribution >= 0.6 is 7.82 Å². The van der Waals surface area contributed by atoms with Gasteiger partial charge in [0.25, 0.3) is 0 Å². The molecule has 0 rings (SSSR count). The number of carboxylic acids is 1. The molecular weight excluding hydrogens is 741 g/mol. The summed E-state index contributed by atoms with van der Waals surface area (Å²) in [5.74, 6) is -1.79. The van der Waals surface area contributed by atoms with Gasteiger partial charge in [0.2, 0.25) is 0 Å². The van der Waals surface area contributed by atoms with E-state index in [0.29, 0.717) is 13.0 Å². The van der Waals surface area contributed by atoms with E-state index in [1.807, 2.05) is 0 Å². The highest BCUT2D eigenvalue weighted by molar-refractivity contribution is 7.47. The first-order valence-corrected chi connectivity index (χ1v) is 24.2. The minimum atomic E-state index is -4.62. The minimum absolute atomic E-state index is 0.0123. The van der Waals surface area contributed by atoms with E-state index in [9.17, 15) is 19.0 Å². The number of carboxylic acid groups (broad SMARTS) is 1. The summed E-state index contributed by atoms with van der Waals surface area (Å²) in [7, 11) is -4.62. The van der Waals surface area contributed by atoms with Crippen molar-refractivity contribution in [3.8, 4) is 0 Å². The summed E-state index contributed by atoms with van der Waals surface area (Å²) >= 11 is 0. The lowest BCUT2D eigenvalue weighted by molar-refractivity contribution is -0.154. The van der Waals surface area contributed by atoms with E-state index >= 15 is 0 Å². The van der Waals surface area contributed by atoms with Crippen molar-refractivity contribution in [1.29, 1.82) is 0 Å². The van der Waals surface area contributed by atoms with E-state index in [2.05, 4.69) is 62.5 Å². The van der Waals surface area contributed by atoms with Gasteiger partial charge < -0.3 is 25.2 Å². The maximum absolute atomic E-state index is 12.6. The van der Waals surface area contributed by atoms with Crippen LogP contribution < -0.4 is 5.73 Å². The Bertz CT molecular complexity index is 1090. The number of ether oxygens (including phenoxy) is 2. The molecule has 3 unspecified atom stereocenters. The zero-order chi connectivity index (χ0) is 41.9. The van der Waals surface area contributed by atoms with Crippen LogP contribution in [0.25, 0.3) is 0 Å². The van der Waals surface area contributed by atoms with Gasteiger partial charge in [-0.05, 0) is 51.4 Å². The molecule has 0 radical (unpaired) electrons. The summed E-state index contributed by atoms with van der Waals surface area (Å²) in [5.41, 5.74) is 5.36. The van der Waals surface area contributed by atoms with Crippen molar-refractivity contribution in [2.45, 2.75) is 206 Å². The second kappa shape index (κ2) is 42.1. The summed E-state index contributed by atoms with van der Waals surface area (Å²) in [6.07, 6.45) is 48.7. The first-order chi connectivity index (χ1) is 27.7. The third-order valence-corrected chi connectivity index (χ3v) is 10.6. The molecule has 0 saturated carbocycles. The third-order valence-electron chi connectivity index (χ3n) is 9.62. The highest BCUT2D eigenvalue weighted by Crippen LogP contribution is 2.43. The van der Waals surface area contributed by atoms with Crippen molar-refractivity contribution in [2.75, 3.05) is 26.4 Å². The Morgan fingerprint density at radius 2 is 1.02 bits per heavy atom. The van der Waals surface area contributed by atoms with Gasteiger partial charge in [-0.2, -0.15) is 0 Å². The van der Waals surface area contributed by atoms with E-state index in [0.717, 1.165) is 83.5 Å². The summed E-state index contributed by atoms with van der Waals surface area (Å²) in [4.78, 5) is 33.6. The monoisotopic (exact) mass is 826 g/mol. The maximum Gasteiger partial charge on any atom is 0.472 e. The standard InChI is InChI=1S/C46H84NO9P/c1-3-5-7-9-11-13-15-17-19-21-22-23-24-26-28-30-32-34-36-38-45(48)56-43(41-54-57(51,52)55-42-44(47)46(49)50)40-53-39-37-35-33-31-29-27-25-20-18-16-14-12-10-8-6-4-2/h5,7,11,13,17,19,22-23,43-44H,3-4,6,8-10,12,14-16,18,20-21,24-42,47H2,1-2H3,(H,49,50)(H,51,52)/b7-5-,13-11-,19-17-,23-22-. The van der Waals surface area contributed by atoms with Crippen LogP contribution in [0, 0.1) is 0 Å².